The minimum Gasteiger partial charge on any atom is -0.369 e. The summed E-state index contributed by atoms with van der Waals surface area (Å²) in [6.07, 6.45) is 0. The molecule has 2 N–H and O–H groups in total. The molecule has 0 saturated heterocycles. The summed E-state index contributed by atoms with van der Waals surface area (Å²) in [4.78, 5) is 24.6. The molecule has 0 bridgehead atoms. The molecular formula is C13H18N2O2. The average Bonchev–Trinajstić information content (AvgIpc) is 2.27. The molecule has 0 aliphatic rings. The summed E-state index contributed by atoms with van der Waals surface area (Å²) >= 11 is 0. The summed E-state index contributed by atoms with van der Waals surface area (Å²) in [5.41, 5.74) is 6.78. The van der Waals surface area contributed by atoms with E-state index in [1.165, 1.54) is 0 Å². The van der Waals surface area contributed by atoms with Crippen molar-refractivity contribution >= 4 is 11.7 Å². The van der Waals surface area contributed by atoms with Gasteiger partial charge in [0, 0.05) is 5.56 Å². The van der Waals surface area contributed by atoms with Gasteiger partial charge in [0.25, 0.3) is 0 Å². The van der Waals surface area contributed by atoms with E-state index in [2.05, 4.69) is 0 Å². The van der Waals surface area contributed by atoms with Crippen molar-refractivity contribution in [1.82, 2.24) is 4.90 Å². The Balaban J connectivity index is 2.71. The van der Waals surface area contributed by atoms with Crippen molar-refractivity contribution in [2.24, 2.45) is 5.73 Å². The third-order valence-electron chi connectivity index (χ3n) is 2.64. The van der Waals surface area contributed by atoms with E-state index < -0.39 is 5.91 Å². The molecule has 0 radical (unpaired) electrons. The van der Waals surface area contributed by atoms with Crippen molar-refractivity contribution in [3.05, 3.63) is 35.4 Å². The van der Waals surface area contributed by atoms with Crippen LogP contribution in [0.4, 0.5) is 0 Å². The lowest BCUT2D eigenvalue weighted by Crippen LogP contribution is -2.37. The van der Waals surface area contributed by atoms with Gasteiger partial charge in [-0.25, -0.2) is 0 Å². The number of carbonyl (C=O) groups excluding carboxylic acids is 2. The van der Waals surface area contributed by atoms with Crippen molar-refractivity contribution in [3.8, 4) is 0 Å². The molecule has 0 atom stereocenters. The molecule has 1 aromatic rings. The number of primary amides is 1. The average molecular weight is 234 g/mol. The third-order valence-corrected chi connectivity index (χ3v) is 2.64. The van der Waals surface area contributed by atoms with Gasteiger partial charge in [0.05, 0.1) is 13.1 Å². The Morgan fingerprint density at radius 1 is 1.24 bits per heavy atom. The van der Waals surface area contributed by atoms with Crippen LogP contribution in [0.3, 0.4) is 0 Å². The predicted octanol–water partition coefficient (Wildman–Crippen LogP) is 0.985. The van der Waals surface area contributed by atoms with Gasteiger partial charge in [-0.2, -0.15) is 0 Å². The normalized spacial score (nSPS) is 10.5. The first-order valence-corrected chi connectivity index (χ1v) is 5.64. The summed E-state index contributed by atoms with van der Waals surface area (Å²) < 4.78 is 0. The SMILES string of the molecule is CCN(CC(N)=O)CC(=O)c1ccccc1C. The molecule has 0 aliphatic carbocycles. The van der Waals surface area contributed by atoms with Gasteiger partial charge in [-0.3, -0.25) is 14.5 Å². The van der Waals surface area contributed by atoms with E-state index in [4.69, 9.17) is 5.73 Å². The van der Waals surface area contributed by atoms with E-state index in [1.807, 2.05) is 32.0 Å². The van der Waals surface area contributed by atoms with Crippen LogP contribution in [-0.2, 0) is 4.79 Å². The molecule has 0 fully saturated rings. The van der Waals surface area contributed by atoms with Gasteiger partial charge in [0.15, 0.2) is 5.78 Å². The number of hydrogen-bond acceptors (Lipinski definition) is 3. The minimum absolute atomic E-state index is 0.0196. The largest absolute Gasteiger partial charge is 0.369 e. The lowest BCUT2D eigenvalue weighted by molar-refractivity contribution is -0.118. The first-order valence-electron chi connectivity index (χ1n) is 5.64. The second-order valence-electron chi connectivity index (χ2n) is 4.01. The van der Waals surface area contributed by atoms with Crippen molar-refractivity contribution in [1.29, 1.82) is 0 Å². The second-order valence-corrected chi connectivity index (χ2v) is 4.01. The van der Waals surface area contributed by atoms with Crippen LogP contribution >= 0.6 is 0 Å². The number of likely N-dealkylation sites (N-methyl/N-ethyl adjacent to an activating group) is 1. The van der Waals surface area contributed by atoms with Crippen LogP contribution in [-0.4, -0.2) is 36.2 Å². The molecule has 4 nitrogen and oxygen atoms in total. The zero-order valence-electron chi connectivity index (χ0n) is 10.3. The van der Waals surface area contributed by atoms with Crippen molar-refractivity contribution < 1.29 is 9.59 Å². The van der Waals surface area contributed by atoms with Crippen LogP contribution in [0.15, 0.2) is 24.3 Å². The number of amides is 1. The number of nitrogens with zero attached hydrogens (tertiary/aromatic N) is 1. The van der Waals surface area contributed by atoms with Crippen LogP contribution in [0.1, 0.15) is 22.8 Å². The molecule has 0 aliphatic heterocycles. The van der Waals surface area contributed by atoms with Gasteiger partial charge < -0.3 is 5.73 Å². The number of hydrogen-bond donors (Lipinski definition) is 1. The summed E-state index contributed by atoms with van der Waals surface area (Å²) in [6, 6.07) is 7.44. The smallest absolute Gasteiger partial charge is 0.231 e. The lowest BCUT2D eigenvalue weighted by Gasteiger charge is -2.17. The Morgan fingerprint density at radius 2 is 1.88 bits per heavy atom. The number of benzene rings is 1. The Bertz CT molecular complexity index is 416. The molecule has 4 heteroatoms. The Hall–Kier alpha value is -1.68. The molecular weight excluding hydrogens is 216 g/mol. The van der Waals surface area contributed by atoms with E-state index in [1.54, 1.807) is 11.0 Å². The fraction of sp³-hybridized carbons (Fsp3) is 0.385. The first-order chi connectivity index (χ1) is 8.04. The van der Waals surface area contributed by atoms with Gasteiger partial charge in [0.2, 0.25) is 5.91 Å². The first kappa shape index (κ1) is 13.4. The molecule has 0 unspecified atom stereocenters. The van der Waals surface area contributed by atoms with Crippen LogP contribution in [0.5, 0.6) is 0 Å². The molecule has 0 saturated carbocycles. The van der Waals surface area contributed by atoms with Crippen molar-refractivity contribution in [2.75, 3.05) is 19.6 Å². The van der Waals surface area contributed by atoms with Crippen LogP contribution in [0.2, 0.25) is 0 Å². The zero-order chi connectivity index (χ0) is 12.8. The summed E-state index contributed by atoms with van der Waals surface area (Å²) in [5, 5.41) is 0. The fourth-order valence-electron chi connectivity index (χ4n) is 1.67. The highest BCUT2D eigenvalue weighted by Crippen LogP contribution is 2.08. The molecule has 0 aromatic heterocycles. The summed E-state index contributed by atoms with van der Waals surface area (Å²) in [7, 11) is 0. The molecule has 1 rings (SSSR count). The van der Waals surface area contributed by atoms with E-state index in [-0.39, 0.29) is 18.9 Å². The monoisotopic (exact) mass is 234 g/mol. The molecule has 17 heavy (non-hydrogen) atoms. The number of Topliss-reactive ketones (excluding diaryl/α,β-unsaturated/α-hetero) is 1. The van der Waals surface area contributed by atoms with Gasteiger partial charge >= 0.3 is 0 Å². The highest BCUT2D eigenvalue weighted by atomic mass is 16.1. The fourth-order valence-corrected chi connectivity index (χ4v) is 1.67. The topological polar surface area (TPSA) is 63.4 Å². The summed E-state index contributed by atoms with van der Waals surface area (Å²) in [6.45, 7) is 4.77. The molecule has 0 spiro atoms. The molecule has 0 heterocycles. The minimum atomic E-state index is -0.413. The second kappa shape index (κ2) is 6.15. The van der Waals surface area contributed by atoms with Crippen LogP contribution < -0.4 is 5.73 Å². The quantitative estimate of drug-likeness (QED) is 0.746. The molecule has 1 amide bonds. The maximum atomic E-state index is 12.0. The molecule has 92 valence electrons. The van der Waals surface area contributed by atoms with Crippen LogP contribution in [0.25, 0.3) is 0 Å². The van der Waals surface area contributed by atoms with Gasteiger partial charge in [-0.05, 0) is 19.0 Å². The number of ketones is 1. The standard InChI is InChI=1S/C13H18N2O2/c1-3-15(9-13(14)17)8-12(16)11-7-5-4-6-10(11)2/h4-7H,3,8-9H2,1-2H3,(H2,14,17). The third kappa shape index (κ3) is 4.00. The lowest BCUT2D eigenvalue weighted by atomic mass is 10.0. The highest BCUT2D eigenvalue weighted by Gasteiger charge is 2.14. The maximum Gasteiger partial charge on any atom is 0.231 e. The van der Waals surface area contributed by atoms with E-state index in [0.717, 1.165) is 5.56 Å². The summed E-state index contributed by atoms with van der Waals surface area (Å²) in [5.74, 6) is -0.393. The van der Waals surface area contributed by atoms with E-state index in [9.17, 15) is 9.59 Å². The zero-order valence-corrected chi connectivity index (χ0v) is 10.3. The van der Waals surface area contributed by atoms with Gasteiger partial charge in [0.1, 0.15) is 0 Å². The number of carbonyl (C=O) groups is 2. The van der Waals surface area contributed by atoms with Crippen LogP contribution in [0, 0.1) is 6.92 Å². The number of nitrogens with two attached hydrogens (primary N) is 1. The Kier molecular flexibility index (Phi) is 4.84. The van der Waals surface area contributed by atoms with Crippen molar-refractivity contribution in [3.63, 3.8) is 0 Å². The predicted molar refractivity (Wildman–Crippen MR) is 66.8 cm³/mol. The van der Waals surface area contributed by atoms with E-state index >= 15 is 0 Å². The Morgan fingerprint density at radius 3 is 2.41 bits per heavy atom. The van der Waals surface area contributed by atoms with E-state index in [0.29, 0.717) is 12.1 Å². The van der Waals surface area contributed by atoms with Gasteiger partial charge in [-0.1, -0.05) is 31.2 Å². The number of rotatable bonds is 6. The highest BCUT2D eigenvalue weighted by molar-refractivity contribution is 5.99. The Labute approximate surface area is 101 Å². The van der Waals surface area contributed by atoms with Crippen molar-refractivity contribution in [2.45, 2.75) is 13.8 Å². The maximum absolute atomic E-state index is 12.0. The van der Waals surface area contributed by atoms with Gasteiger partial charge in [-0.15, -0.1) is 0 Å². The molecule has 1 aromatic carbocycles. The number of aryl methyl sites for hydroxylation is 1.